The molecule has 0 saturated heterocycles. The molecule has 1 amide bonds. The number of benzene rings is 1. The molecular formula is C27H29F3N8O4P+. The lowest BCUT2D eigenvalue weighted by atomic mass is 10.1. The number of aromatic nitrogens is 5. The summed E-state index contributed by atoms with van der Waals surface area (Å²) in [6, 6.07) is 7.95. The van der Waals surface area contributed by atoms with Crippen LogP contribution in [0.3, 0.4) is 0 Å². The molecule has 3 aromatic heterocycles. The predicted molar refractivity (Wildman–Crippen MR) is 155 cm³/mol. The van der Waals surface area contributed by atoms with Gasteiger partial charge in [0.2, 0.25) is 5.95 Å². The first-order valence-electron chi connectivity index (χ1n) is 13.0. The summed E-state index contributed by atoms with van der Waals surface area (Å²) in [6.07, 6.45) is -1.81. The van der Waals surface area contributed by atoms with Gasteiger partial charge in [-0.25, -0.2) is 9.97 Å². The Morgan fingerprint density at radius 3 is 2.56 bits per heavy atom. The number of aliphatic hydroxyl groups is 1. The number of carbonyl (C=O) groups is 1. The molecule has 0 fully saturated rings. The number of nitrogens with one attached hydrogen (secondary N) is 3. The lowest BCUT2D eigenvalue weighted by Gasteiger charge is -2.17. The van der Waals surface area contributed by atoms with E-state index in [1.807, 2.05) is 6.92 Å². The van der Waals surface area contributed by atoms with E-state index in [-0.39, 0.29) is 23.9 Å². The standard InChI is InChI=1S/C27H28F3N8O4P/c1-15-17(12-33-38(15)9-4-10-39)19-7-8-21(23(34-19)25(40)31-2)35-24-18(27(28,29)30)13-32-26(37-24)36-20-6-5-16(14-43-41)11-22(20)42-3/h5-8,11-13,39H,4,9-10,14H2,1-3H3,(H,31,40)(H2,32,35,36,37)/p+1. The third-order valence-corrected chi connectivity index (χ3v) is 6.93. The molecule has 1 aromatic carbocycles. The number of hydrogen-bond acceptors (Lipinski definition) is 10. The molecule has 0 aliphatic rings. The Bertz CT molecular complexity index is 1630. The summed E-state index contributed by atoms with van der Waals surface area (Å²) >= 11 is 0. The molecule has 0 aliphatic carbocycles. The number of alkyl halides is 3. The molecule has 0 bridgehead atoms. The predicted octanol–water partition coefficient (Wildman–Crippen LogP) is 4.82. The van der Waals surface area contributed by atoms with E-state index in [2.05, 4.69) is 36.0 Å². The first kappa shape index (κ1) is 31.3. The summed E-state index contributed by atoms with van der Waals surface area (Å²) in [5, 5.41) is 21.4. The van der Waals surface area contributed by atoms with Crippen molar-refractivity contribution in [3.8, 4) is 17.0 Å². The molecule has 4 N–H and O–H groups in total. The van der Waals surface area contributed by atoms with Gasteiger partial charge < -0.3 is 25.8 Å². The first-order chi connectivity index (χ1) is 20.6. The molecule has 16 heteroatoms. The molecule has 1 atom stereocenters. The van der Waals surface area contributed by atoms with Crippen LogP contribution in [0.15, 0.2) is 42.7 Å². The molecule has 0 saturated carbocycles. The van der Waals surface area contributed by atoms with Gasteiger partial charge in [-0.2, -0.15) is 23.3 Å². The van der Waals surface area contributed by atoms with Crippen LogP contribution in [0.1, 0.15) is 33.7 Å². The molecule has 0 aliphatic heterocycles. The maximum absolute atomic E-state index is 14.0. The van der Waals surface area contributed by atoms with E-state index in [1.54, 1.807) is 35.1 Å². The fourth-order valence-electron chi connectivity index (χ4n) is 4.17. The number of rotatable bonds is 12. The number of nitrogens with zero attached hydrogens (tertiary/aromatic N) is 5. The number of aryl methyl sites for hydroxylation is 1. The molecule has 4 rings (SSSR count). The van der Waals surface area contributed by atoms with E-state index in [0.29, 0.717) is 48.0 Å². The van der Waals surface area contributed by atoms with Crippen LogP contribution >= 0.6 is 8.46 Å². The van der Waals surface area contributed by atoms with Gasteiger partial charge in [0, 0.05) is 43.2 Å². The van der Waals surface area contributed by atoms with Crippen molar-refractivity contribution in [3.63, 3.8) is 0 Å². The fourth-order valence-corrected chi connectivity index (χ4v) is 4.56. The molecule has 43 heavy (non-hydrogen) atoms. The van der Waals surface area contributed by atoms with E-state index in [1.165, 1.54) is 20.2 Å². The number of pyridine rings is 1. The normalized spacial score (nSPS) is 11.4. The third kappa shape index (κ3) is 7.24. The summed E-state index contributed by atoms with van der Waals surface area (Å²) in [4.78, 5) is 25.1. The van der Waals surface area contributed by atoms with Crippen molar-refractivity contribution in [3.05, 3.63) is 65.2 Å². The monoisotopic (exact) mass is 617 g/mol. The van der Waals surface area contributed by atoms with Crippen LogP contribution in [0.2, 0.25) is 0 Å². The summed E-state index contributed by atoms with van der Waals surface area (Å²) < 4.78 is 60.0. The van der Waals surface area contributed by atoms with Crippen molar-refractivity contribution in [2.45, 2.75) is 32.2 Å². The number of halogens is 3. The van der Waals surface area contributed by atoms with E-state index < -0.39 is 31.9 Å². The van der Waals surface area contributed by atoms with Crippen molar-refractivity contribution in [1.29, 1.82) is 0 Å². The maximum Gasteiger partial charge on any atom is 0.421 e. The smallest absolute Gasteiger partial charge is 0.421 e. The quantitative estimate of drug-likeness (QED) is 0.163. The number of methoxy groups -OCH3 is 1. The van der Waals surface area contributed by atoms with E-state index >= 15 is 0 Å². The van der Waals surface area contributed by atoms with Crippen LogP contribution in [-0.2, 0) is 23.4 Å². The zero-order valence-electron chi connectivity index (χ0n) is 23.4. The Morgan fingerprint density at radius 1 is 1.12 bits per heavy atom. The van der Waals surface area contributed by atoms with Gasteiger partial charge in [-0.1, -0.05) is 10.6 Å². The Kier molecular flexibility index (Phi) is 9.88. The second-order valence-electron chi connectivity index (χ2n) is 9.18. The van der Waals surface area contributed by atoms with Gasteiger partial charge in [0.25, 0.3) is 5.91 Å². The lowest BCUT2D eigenvalue weighted by molar-refractivity contribution is -0.137. The zero-order chi connectivity index (χ0) is 31.1. The van der Waals surface area contributed by atoms with Crippen LogP contribution in [0.4, 0.5) is 36.3 Å². The molecule has 226 valence electrons. The van der Waals surface area contributed by atoms with Gasteiger partial charge in [-0.15, -0.1) is 0 Å². The van der Waals surface area contributed by atoms with Crippen LogP contribution in [0.25, 0.3) is 11.3 Å². The number of anilines is 4. The Morgan fingerprint density at radius 2 is 1.88 bits per heavy atom. The second kappa shape index (κ2) is 13.6. The van der Waals surface area contributed by atoms with E-state index in [4.69, 9.17) is 9.84 Å². The number of hydrogen-bond donors (Lipinski definition) is 4. The SMILES string of the molecule is CNC(=O)c1nc(-c2cnn(CCCO)c2C)ccc1Nc1nc(Nc2ccc(C[PH+]=O)cc2OC)ncc1C(F)(F)F. The van der Waals surface area contributed by atoms with E-state index in [9.17, 15) is 22.5 Å². The lowest BCUT2D eigenvalue weighted by Crippen LogP contribution is -2.21. The highest BCUT2D eigenvalue weighted by atomic mass is 31.1. The van der Waals surface area contributed by atoms with Crippen molar-refractivity contribution in [2.75, 3.05) is 31.4 Å². The topological polar surface area (TPSA) is 156 Å². The van der Waals surface area contributed by atoms with Crippen molar-refractivity contribution < 1.29 is 32.4 Å². The van der Waals surface area contributed by atoms with E-state index in [0.717, 1.165) is 11.3 Å². The number of carbonyl (C=O) groups excluding carboxylic acids is 1. The van der Waals surface area contributed by atoms with Gasteiger partial charge in [0.1, 0.15) is 17.1 Å². The van der Waals surface area contributed by atoms with Crippen molar-refractivity contribution in [2.24, 2.45) is 0 Å². The molecule has 0 radical (unpaired) electrons. The van der Waals surface area contributed by atoms with Crippen molar-refractivity contribution in [1.82, 2.24) is 30.0 Å². The molecule has 3 heterocycles. The number of ether oxygens (including phenoxy) is 1. The molecular weight excluding hydrogens is 588 g/mol. The zero-order valence-corrected chi connectivity index (χ0v) is 24.4. The Labute approximate surface area is 245 Å². The summed E-state index contributed by atoms with van der Waals surface area (Å²) in [5.74, 6) is -1.07. The Hall–Kier alpha value is -4.62. The van der Waals surface area contributed by atoms with Gasteiger partial charge in [-0.05, 0) is 37.6 Å². The van der Waals surface area contributed by atoms with Gasteiger partial charge in [-0.3, -0.25) is 9.48 Å². The maximum atomic E-state index is 14.0. The summed E-state index contributed by atoms with van der Waals surface area (Å²) in [6.45, 7) is 2.28. The van der Waals surface area contributed by atoms with Crippen LogP contribution in [0, 0.1) is 6.92 Å². The molecule has 0 spiro atoms. The highest BCUT2D eigenvalue weighted by Gasteiger charge is 2.36. The van der Waals surface area contributed by atoms with Crippen molar-refractivity contribution >= 4 is 37.5 Å². The van der Waals surface area contributed by atoms with Crippen LogP contribution in [0.5, 0.6) is 5.75 Å². The number of amides is 1. The van der Waals surface area contributed by atoms with Gasteiger partial charge in [0.05, 0.1) is 30.4 Å². The highest BCUT2D eigenvalue weighted by Crippen LogP contribution is 2.37. The minimum atomic E-state index is -4.82. The Balaban J connectivity index is 1.72. The van der Waals surface area contributed by atoms with Crippen LogP contribution in [-0.4, -0.2) is 56.5 Å². The molecule has 4 aromatic rings. The highest BCUT2D eigenvalue weighted by molar-refractivity contribution is 7.22. The number of aliphatic hydroxyl groups excluding tert-OH is 1. The largest absolute Gasteiger partial charge is 0.495 e. The average Bonchev–Trinajstić information content (AvgIpc) is 3.36. The fraction of sp³-hybridized carbons (Fsp3) is 0.296. The minimum absolute atomic E-state index is 0.00309. The van der Waals surface area contributed by atoms with Crippen LogP contribution < -0.4 is 20.7 Å². The second-order valence-corrected chi connectivity index (χ2v) is 9.82. The average molecular weight is 618 g/mol. The third-order valence-electron chi connectivity index (χ3n) is 6.38. The van der Waals surface area contributed by atoms with Gasteiger partial charge >= 0.3 is 14.6 Å². The molecule has 1 unspecified atom stereocenters. The minimum Gasteiger partial charge on any atom is -0.495 e. The summed E-state index contributed by atoms with van der Waals surface area (Å²) in [7, 11) is 2.25. The summed E-state index contributed by atoms with van der Waals surface area (Å²) in [5.41, 5.74) is 1.51. The first-order valence-corrected chi connectivity index (χ1v) is 14.1. The molecule has 12 nitrogen and oxygen atoms in total. The van der Waals surface area contributed by atoms with Gasteiger partial charge in [0.15, 0.2) is 11.9 Å².